The zero-order valence-corrected chi connectivity index (χ0v) is 18.7. The number of fused-ring (bicyclic) bond motifs is 1. The van der Waals surface area contributed by atoms with Crippen molar-refractivity contribution in [1.29, 1.82) is 0 Å². The maximum Gasteiger partial charge on any atom is 0.416 e. The first-order valence-electron chi connectivity index (χ1n) is 10.2. The van der Waals surface area contributed by atoms with E-state index >= 15 is 0 Å². The molecule has 12 heteroatoms. The van der Waals surface area contributed by atoms with E-state index in [0.717, 1.165) is 22.5 Å². The van der Waals surface area contributed by atoms with E-state index in [9.17, 15) is 26.4 Å². The maximum atomic E-state index is 13.5. The van der Waals surface area contributed by atoms with Crippen LogP contribution in [-0.4, -0.2) is 41.7 Å². The number of aryl methyl sites for hydroxylation is 1. The Hall–Kier alpha value is -3.54. The number of rotatable bonds is 6. The molecule has 0 aliphatic carbocycles. The molecule has 0 amide bonds. The number of ether oxygens (including phenoxy) is 1. The third kappa shape index (κ3) is 4.58. The van der Waals surface area contributed by atoms with Crippen molar-refractivity contribution in [1.82, 2.24) is 9.55 Å². The van der Waals surface area contributed by atoms with Crippen LogP contribution in [0, 0.1) is 0 Å². The lowest BCUT2D eigenvalue weighted by atomic mass is 10.1. The summed E-state index contributed by atoms with van der Waals surface area (Å²) in [7, 11) is -2.68. The van der Waals surface area contributed by atoms with Crippen LogP contribution in [0.2, 0.25) is 0 Å². The Balaban J connectivity index is 1.81. The van der Waals surface area contributed by atoms with Gasteiger partial charge in [-0.25, -0.2) is 13.4 Å². The number of hydrogen-bond acceptors (Lipinski definition) is 5. The van der Waals surface area contributed by atoms with Crippen molar-refractivity contribution in [3.8, 4) is 17.0 Å². The maximum absolute atomic E-state index is 13.5. The number of aliphatic carboxylic acids is 1. The van der Waals surface area contributed by atoms with E-state index < -0.39 is 38.7 Å². The van der Waals surface area contributed by atoms with Crippen LogP contribution < -0.4 is 9.04 Å². The van der Waals surface area contributed by atoms with Gasteiger partial charge in [-0.2, -0.15) is 13.2 Å². The van der Waals surface area contributed by atoms with E-state index in [2.05, 4.69) is 4.98 Å². The van der Waals surface area contributed by atoms with E-state index in [-0.39, 0.29) is 30.8 Å². The second-order valence-corrected chi connectivity index (χ2v) is 9.67. The molecule has 0 bridgehead atoms. The number of aromatic nitrogens is 2. The standard InChI is InChI=1S/C22H20F3N3O5S/c1-27-13-26-11-19(27)14-5-7-20-18(9-14)28(12-16(33-20)6-8-21(29)30)34(31,32)17-4-2-3-15(10-17)22(23,24)25/h2-5,7,9-11,13,16H,6,8,12H2,1H3,(H,29,30)/t16-/m0/s1. The van der Waals surface area contributed by atoms with E-state index in [4.69, 9.17) is 9.84 Å². The second-order valence-electron chi connectivity index (χ2n) is 7.81. The van der Waals surface area contributed by atoms with Crippen molar-refractivity contribution in [2.24, 2.45) is 7.05 Å². The minimum Gasteiger partial charge on any atom is -0.486 e. The third-order valence-corrected chi connectivity index (χ3v) is 7.21. The van der Waals surface area contributed by atoms with Crippen molar-refractivity contribution < 1.29 is 36.2 Å². The second kappa shape index (κ2) is 8.67. The van der Waals surface area contributed by atoms with Crippen LogP contribution >= 0.6 is 0 Å². The summed E-state index contributed by atoms with van der Waals surface area (Å²) in [6, 6.07) is 8.32. The van der Waals surface area contributed by atoms with Gasteiger partial charge in [0.05, 0.1) is 40.9 Å². The van der Waals surface area contributed by atoms with Crippen molar-refractivity contribution in [2.75, 3.05) is 10.8 Å². The minimum atomic E-state index is -4.72. The number of alkyl halides is 3. The average molecular weight is 495 g/mol. The number of imidazole rings is 1. The van der Waals surface area contributed by atoms with Gasteiger partial charge in [0.15, 0.2) is 0 Å². The van der Waals surface area contributed by atoms with Crippen molar-refractivity contribution in [3.05, 3.63) is 60.6 Å². The monoisotopic (exact) mass is 495 g/mol. The molecule has 1 aromatic heterocycles. The SMILES string of the molecule is Cn1cncc1-c1ccc2c(c1)N(S(=O)(=O)c1cccc(C(F)(F)F)c1)C[C@H](CCC(=O)O)O2. The Kier molecular flexibility index (Phi) is 6.02. The van der Waals surface area contributed by atoms with Gasteiger partial charge in [0, 0.05) is 19.0 Å². The molecule has 8 nitrogen and oxygen atoms in total. The fourth-order valence-electron chi connectivity index (χ4n) is 3.73. The average Bonchev–Trinajstić information content (AvgIpc) is 3.22. The molecule has 180 valence electrons. The van der Waals surface area contributed by atoms with Gasteiger partial charge in [-0.1, -0.05) is 6.07 Å². The van der Waals surface area contributed by atoms with Gasteiger partial charge < -0.3 is 14.4 Å². The van der Waals surface area contributed by atoms with Crippen LogP contribution in [0.3, 0.4) is 0 Å². The molecule has 0 fully saturated rings. The lowest BCUT2D eigenvalue weighted by Gasteiger charge is -2.35. The first kappa shape index (κ1) is 23.6. The molecule has 1 atom stereocenters. The molecule has 1 aliphatic heterocycles. The summed E-state index contributed by atoms with van der Waals surface area (Å²) in [6.45, 7) is -0.256. The highest BCUT2D eigenvalue weighted by Gasteiger charge is 2.37. The van der Waals surface area contributed by atoms with Gasteiger partial charge in [0.2, 0.25) is 0 Å². The van der Waals surface area contributed by atoms with E-state index in [0.29, 0.717) is 17.3 Å². The zero-order valence-electron chi connectivity index (χ0n) is 17.9. The van der Waals surface area contributed by atoms with Crippen LogP contribution in [0.5, 0.6) is 5.75 Å². The number of benzene rings is 2. The van der Waals surface area contributed by atoms with Gasteiger partial charge in [-0.15, -0.1) is 0 Å². The molecular formula is C22H20F3N3O5S. The van der Waals surface area contributed by atoms with E-state index in [1.807, 2.05) is 0 Å². The molecule has 0 unspecified atom stereocenters. The minimum absolute atomic E-state index is 0.0207. The molecule has 0 radical (unpaired) electrons. The molecule has 2 aromatic carbocycles. The number of carbonyl (C=O) groups is 1. The van der Waals surface area contributed by atoms with Gasteiger partial charge in [0.1, 0.15) is 11.9 Å². The van der Waals surface area contributed by atoms with Gasteiger partial charge >= 0.3 is 12.1 Å². The molecular weight excluding hydrogens is 475 g/mol. The molecule has 2 heterocycles. The lowest BCUT2D eigenvalue weighted by Crippen LogP contribution is -2.43. The Morgan fingerprint density at radius 2 is 2.00 bits per heavy atom. The Bertz CT molecular complexity index is 1340. The fourth-order valence-corrected chi connectivity index (χ4v) is 5.27. The molecule has 0 saturated heterocycles. The summed E-state index contributed by atoms with van der Waals surface area (Å²) >= 11 is 0. The Morgan fingerprint density at radius 1 is 1.24 bits per heavy atom. The smallest absolute Gasteiger partial charge is 0.416 e. The van der Waals surface area contributed by atoms with Crippen molar-refractivity contribution in [2.45, 2.75) is 30.0 Å². The summed E-state index contributed by atoms with van der Waals surface area (Å²) < 4.78 is 75.3. The summed E-state index contributed by atoms with van der Waals surface area (Å²) in [5.74, 6) is -0.892. The van der Waals surface area contributed by atoms with Crippen molar-refractivity contribution >= 4 is 21.7 Å². The topological polar surface area (TPSA) is 102 Å². The number of carboxylic acid groups (broad SMARTS) is 1. The van der Waals surface area contributed by atoms with Crippen molar-refractivity contribution in [3.63, 3.8) is 0 Å². The number of halogens is 3. The number of sulfonamides is 1. The summed E-state index contributed by atoms with van der Waals surface area (Å²) in [6.07, 6.45) is -2.59. The molecule has 4 rings (SSSR count). The predicted octanol–water partition coefficient (Wildman–Crippen LogP) is 3.93. The first-order chi connectivity index (χ1) is 16.0. The van der Waals surface area contributed by atoms with Crippen LogP contribution in [0.4, 0.5) is 18.9 Å². The lowest BCUT2D eigenvalue weighted by molar-refractivity contribution is -0.138. The first-order valence-corrected chi connectivity index (χ1v) is 11.6. The molecule has 3 aromatic rings. The fraction of sp³-hybridized carbons (Fsp3) is 0.273. The number of hydrogen-bond donors (Lipinski definition) is 1. The van der Waals surface area contributed by atoms with E-state index in [1.54, 1.807) is 42.3 Å². The van der Waals surface area contributed by atoms with E-state index in [1.165, 1.54) is 0 Å². The zero-order chi connectivity index (χ0) is 24.7. The van der Waals surface area contributed by atoms with Gasteiger partial charge in [-0.3, -0.25) is 9.10 Å². The number of anilines is 1. The van der Waals surface area contributed by atoms with Crippen LogP contribution in [0.25, 0.3) is 11.3 Å². The predicted molar refractivity (Wildman–Crippen MR) is 116 cm³/mol. The quantitative estimate of drug-likeness (QED) is 0.556. The normalized spacial score (nSPS) is 16.1. The van der Waals surface area contributed by atoms with Crippen LogP contribution in [0.1, 0.15) is 18.4 Å². The largest absolute Gasteiger partial charge is 0.486 e. The third-order valence-electron chi connectivity index (χ3n) is 5.43. The van der Waals surface area contributed by atoms with Gasteiger partial charge in [0.25, 0.3) is 10.0 Å². The number of carboxylic acids is 1. The summed E-state index contributed by atoms with van der Waals surface area (Å²) in [4.78, 5) is 14.5. The Morgan fingerprint density at radius 3 is 2.65 bits per heavy atom. The van der Waals surface area contributed by atoms with Gasteiger partial charge in [-0.05, 0) is 42.8 Å². The molecule has 0 saturated carbocycles. The highest BCUT2D eigenvalue weighted by molar-refractivity contribution is 7.92. The summed E-state index contributed by atoms with van der Waals surface area (Å²) in [5.41, 5.74) is 0.360. The summed E-state index contributed by atoms with van der Waals surface area (Å²) in [5, 5.41) is 9.02. The highest BCUT2D eigenvalue weighted by Crippen LogP contribution is 2.41. The van der Waals surface area contributed by atoms with Crippen LogP contribution in [-0.2, 0) is 28.0 Å². The number of nitrogens with zero attached hydrogens (tertiary/aromatic N) is 3. The molecule has 34 heavy (non-hydrogen) atoms. The molecule has 1 N–H and O–H groups in total. The molecule has 1 aliphatic rings. The Labute approximate surface area is 193 Å². The molecule has 0 spiro atoms. The van der Waals surface area contributed by atoms with Crippen LogP contribution in [0.15, 0.2) is 59.9 Å². The highest BCUT2D eigenvalue weighted by atomic mass is 32.2.